The van der Waals surface area contributed by atoms with E-state index >= 15 is 0 Å². The zero-order valence-electron chi connectivity index (χ0n) is 18.1. The molecule has 0 saturated carbocycles. The van der Waals surface area contributed by atoms with E-state index in [0.717, 1.165) is 6.07 Å². The minimum Gasteiger partial charge on any atom is -0.862 e. The van der Waals surface area contributed by atoms with Crippen LogP contribution in [-0.2, 0) is 10.1 Å². The maximum absolute atomic E-state index is 11.5. The second-order valence-corrected chi connectivity index (χ2v) is 7.80. The van der Waals surface area contributed by atoms with Crippen LogP contribution in [0.25, 0.3) is 0 Å². The zero-order valence-corrected chi connectivity index (χ0v) is 20.9. The molecule has 10 nitrogen and oxygen atoms in total. The molecule has 0 unspecified atom stereocenters. The number of methoxy groups -OCH3 is 1. The van der Waals surface area contributed by atoms with Crippen molar-refractivity contribution in [3.8, 4) is 5.75 Å². The van der Waals surface area contributed by atoms with Gasteiger partial charge in [-0.05, 0) is 73.5 Å². The molecule has 0 saturated heterocycles. The minimum absolute atomic E-state index is 0. The average Bonchev–Trinajstić information content (AvgIpc) is 2.76. The van der Waals surface area contributed by atoms with E-state index in [-0.39, 0.29) is 51.5 Å². The molecule has 0 aromatic heterocycles. The molecule has 33 heavy (non-hydrogen) atoms. The van der Waals surface area contributed by atoms with Gasteiger partial charge in [-0.15, -0.1) is 5.11 Å². The summed E-state index contributed by atoms with van der Waals surface area (Å²) in [4.78, 5) is 3.61. The smallest absolute Gasteiger partial charge is 0.862 e. The van der Waals surface area contributed by atoms with E-state index in [1.54, 1.807) is 43.5 Å². The number of benzene rings is 3. The van der Waals surface area contributed by atoms with Crippen molar-refractivity contribution >= 4 is 44.5 Å². The van der Waals surface area contributed by atoms with Crippen molar-refractivity contribution in [3.05, 3.63) is 66.7 Å². The maximum Gasteiger partial charge on any atom is 1.00 e. The first-order valence-electron chi connectivity index (χ1n) is 9.16. The summed E-state index contributed by atoms with van der Waals surface area (Å²) in [6.07, 6.45) is 0. The molecule has 0 atom stereocenters. The van der Waals surface area contributed by atoms with Crippen LogP contribution < -0.4 is 39.4 Å². The number of hydrogen-bond donors (Lipinski definition) is 1. The van der Waals surface area contributed by atoms with E-state index in [9.17, 15) is 13.5 Å². The van der Waals surface area contributed by atoms with Gasteiger partial charge in [-0.3, -0.25) is 9.55 Å². The van der Waals surface area contributed by atoms with Crippen LogP contribution in [0.5, 0.6) is 5.75 Å². The molecular formula is C21H18N5NaO5S. The third-order valence-corrected chi connectivity index (χ3v) is 4.83. The summed E-state index contributed by atoms with van der Waals surface area (Å²) in [7, 11) is -2.80. The Morgan fingerprint density at radius 1 is 0.848 bits per heavy atom. The Morgan fingerprint density at radius 2 is 1.45 bits per heavy atom. The van der Waals surface area contributed by atoms with Gasteiger partial charge in [0.1, 0.15) is 11.4 Å². The van der Waals surface area contributed by atoms with Crippen molar-refractivity contribution in [2.24, 2.45) is 25.4 Å². The zero-order chi connectivity index (χ0) is 23.1. The number of rotatable bonds is 7. The predicted molar refractivity (Wildman–Crippen MR) is 117 cm³/mol. The number of aliphatic imine (C=N–C) groups is 1. The summed E-state index contributed by atoms with van der Waals surface area (Å²) >= 11 is 0. The van der Waals surface area contributed by atoms with Crippen LogP contribution in [0.3, 0.4) is 0 Å². The summed E-state index contributed by atoms with van der Waals surface area (Å²) in [6, 6.07) is 17.0. The molecule has 0 aliphatic heterocycles. The van der Waals surface area contributed by atoms with E-state index in [0.29, 0.717) is 17.1 Å². The number of hydrogen-bond acceptors (Lipinski definition) is 9. The fourth-order valence-electron chi connectivity index (χ4n) is 2.50. The first kappa shape index (κ1) is 26.3. The molecule has 3 aromatic rings. The molecule has 164 valence electrons. The normalized spacial score (nSPS) is 12.2. The molecule has 0 fully saturated rings. The van der Waals surface area contributed by atoms with E-state index in [2.05, 4.69) is 25.4 Å². The minimum atomic E-state index is -4.37. The van der Waals surface area contributed by atoms with Crippen molar-refractivity contribution in [2.75, 3.05) is 7.11 Å². The molecule has 3 aromatic carbocycles. The molecule has 0 spiro atoms. The molecule has 0 aliphatic carbocycles. The van der Waals surface area contributed by atoms with Gasteiger partial charge in [0.2, 0.25) is 0 Å². The Kier molecular flexibility index (Phi) is 9.38. The van der Waals surface area contributed by atoms with Gasteiger partial charge in [-0.1, -0.05) is 6.07 Å². The number of ether oxygens (including phenoxy) is 1. The first-order chi connectivity index (χ1) is 15.2. The van der Waals surface area contributed by atoms with Crippen molar-refractivity contribution in [3.63, 3.8) is 0 Å². The van der Waals surface area contributed by atoms with Gasteiger partial charge in [0, 0.05) is 0 Å². The van der Waals surface area contributed by atoms with Crippen molar-refractivity contribution in [2.45, 2.75) is 11.8 Å². The van der Waals surface area contributed by atoms with Crippen molar-refractivity contribution < 1.29 is 52.4 Å². The van der Waals surface area contributed by atoms with Crippen LogP contribution in [-0.4, -0.2) is 26.0 Å². The SMILES string of the molecule is COc1ccc(N=Nc2ccc(N=Nc3cccc(S(=O)(=O)O)c3)c(N=C(C)[O-])c2)cc1.[Na+]. The third kappa shape index (κ3) is 7.84. The molecular weight excluding hydrogens is 457 g/mol. The standard InChI is InChI=1S/C21H19N5O5S.Na/c1-14(27)22-21-13-17(24-23-15-6-9-18(31-2)10-7-15)8-11-20(21)26-25-16-4-3-5-19(12-16)32(28,29)30;/h3-13H,1-2H3,(H,22,27)(H,28,29,30);/q;+1/p-1. The van der Waals surface area contributed by atoms with Crippen LogP contribution in [0.2, 0.25) is 0 Å². The summed E-state index contributed by atoms with van der Waals surface area (Å²) < 4.78 is 36.8. The Morgan fingerprint density at radius 3 is 2.09 bits per heavy atom. The number of nitrogens with zero attached hydrogens (tertiary/aromatic N) is 5. The van der Waals surface area contributed by atoms with E-state index in [1.807, 2.05) is 0 Å². The quantitative estimate of drug-likeness (QED) is 0.183. The molecule has 1 N–H and O–H groups in total. The van der Waals surface area contributed by atoms with Gasteiger partial charge in [0.15, 0.2) is 0 Å². The van der Waals surface area contributed by atoms with E-state index in [1.165, 1.54) is 31.2 Å². The van der Waals surface area contributed by atoms with Gasteiger partial charge in [0.05, 0.1) is 34.8 Å². The van der Waals surface area contributed by atoms with E-state index < -0.39 is 16.0 Å². The van der Waals surface area contributed by atoms with Gasteiger partial charge >= 0.3 is 29.6 Å². The summed E-state index contributed by atoms with van der Waals surface area (Å²) in [5, 5.41) is 27.8. The molecule has 0 radical (unpaired) electrons. The van der Waals surface area contributed by atoms with Gasteiger partial charge in [-0.25, -0.2) is 0 Å². The van der Waals surface area contributed by atoms with Crippen LogP contribution >= 0.6 is 0 Å². The summed E-state index contributed by atoms with van der Waals surface area (Å²) in [5.74, 6) is 0.252. The Labute approximate surface area is 212 Å². The third-order valence-electron chi connectivity index (χ3n) is 3.98. The van der Waals surface area contributed by atoms with Crippen LogP contribution in [0.1, 0.15) is 6.92 Å². The Balaban J connectivity index is 0.00000385. The van der Waals surface area contributed by atoms with Crippen LogP contribution in [0.4, 0.5) is 28.4 Å². The molecule has 12 heteroatoms. The van der Waals surface area contributed by atoms with Crippen LogP contribution in [0, 0.1) is 0 Å². The van der Waals surface area contributed by atoms with Crippen molar-refractivity contribution in [1.82, 2.24) is 0 Å². The predicted octanol–water partition coefficient (Wildman–Crippen LogP) is 2.19. The fourth-order valence-corrected chi connectivity index (χ4v) is 3.02. The average molecular weight is 475 g/mol. The molecule has 0 amide bonds. The second kappa shape index (κ2) is 11.8. The number of azo groups is 2. The summed E-state index contributed by atoms with van der Waals surface area (Å²) in [5.41, 5.74) is 1.72. The molecule has 0 bridgehead atoms. The summed E-state index contributed by atoms with van der Waals surface area (Å²) in [6.45, 7) is 1.29. The Bertz CT molecular complexity index is 1300. The molecule has 0 aliphatic rings. The second-order valence-electron chi connectivity index (χ2n) is 6.37. The van der Waals surface area contributed by atoms with Gasteiger partial charge < -0.3 is 9.84 Å². The Hall–Kier alpha value is -2.96. The topological polar surface area (TPSA) is 148 Å². The maximum atomic E-state index is 11.5. The largest absolute Gasteiger partial charge is 1.00 e. The molecule has 3 rings (SSSR count). The molecule has 0 heterocycles. The fraction of sp³-hybridized carbons (Fsp3) is 0.0952. The van der Waals surface area contributed by atoms with Crippen molar-refractivity contribution in [1.29, 1.82) is 0 Å². The van der Waals surface area contributed by atoms with Gasteiger partial charge in [0.25, 0.3) is 10.1 Å². The monoisotopic (exact) mass is 475 g/mol. The van der Waals surface area contributed by atoms with E-state index in [4.69, 9.17) is 9.29 Å². The first-order valence-corrected chi connectivity index (χ1v) is 10.6. The van der Waals surface area contributed by atoms with Gasteiger partial charge in [-0.2, -0.15) is 23.8 Å². The van der Waals surface area contributed by atoms with Crippen LogP contribution in [0.15, 0.2) is 97.1 Å².